The smallest absolute Gasteiger partial charge is 0.334 e. The maximum absolute atomic E-state index is 13.2. The van der Waals surface area contributed by atoms with E-state index in [-0.39, 0.29) is 13.2 Å². The molecule has 26 heavy (non-hydrogen) atoms. The molecule has 2 N–H and O–H groups in total. The zero-order valence-electron chi connectivity index (χ0n) is 14.6. The molecule has 0 spiro atoms. The molecule has 0 aliphatic carbocycles. The van der Waals surface area contributed by atoms with E-state index in [1.54, 1.807) is 24.3 Å². The quantitative estimate of drug-likeness (QED) is 0.618. The summed E-state index contributed by atoms with van der Waals surface area (Å²) in [6.45, 7) is 0.239. The SMILES string of the molecule is CC(=O)[C@](O)(CO)CP(=O)(OCc1ccccc1)OCc1ccccc1. The lowest BCUT2D eigenvalue weighted by molar-refractivity contribution is -0.136. The van der Waals surface area contributed by atoms with Gasteiger partial charge in [0.15, 0.2) is 11.4 Å². The first-order valence-electron chi connectivity index (χ1n) is 8.17. The van der Waals surface area contributed by atoms with Gasteiger partial charge in [0.1, 0.15) is 0 Å². The number of hydrogen-bond acceptors (Lipinski definition) is 6. The van der Waals surface area contributed by atoms with E-state index in [4.69, 9.17) is 9.05 Å². The molecular weight excluding hydrogens is 355 g/mol. The summed E-state index contributed by atoms with van der Waals surface area (Å²) in [5.74, 6) is -0.702. The molecule has 7 heteroatoms. The van der Waals surface area contributed by atoms with Crippen LogP contribution < -0.4 is 0 Å². The van der Waals surface area contributed by atoms with Gasteiger partial charge in [0.05, 0.1) is 26.0 Å². The molecule has 0 amide bonds. The fourth-order valence-electron chi connectivity index (χ4n) is 2.22. The second kappa shape index (κ2) is 9.21. The number of ketones is 1. The molecule has 0 aliphatic heterocycles. The molecule has 0 bridgehead atoms. The van der Waals surface area contributed by atoms with Crippen LogP contribution in [-0.4, -0.2) is 34.4 Å². The van der Waals surface area contributed by atoms with Gasteiger partial charge in [-0.3, -0.25) is 9.36 Å². The summed E-state index contributed by atoms with van der Waals surface area (Å²) >= 11 is 0. The predicted octanol–water partition coefficient (Wildman–Crippen LogP) is 2.93. The van der Waals surface area contributed by atoms with Crippen LogP contribution in [0.1, 0.15) is 18.1 Å². The molecule has 6 nitrogen and oxygen atoms in total. The van der Waals surface area contributed by atoms with Crippen LogP contribution in [0.5, 0.6) is 0 Å². The van der Waals surface area contributed by atoms with Crippen LogP contribution in [0.2, 0.25) is 0 Å². The molecule has 0 saturated heterocycles. The van der Waals surface area contributed by atoms with Gasteiger partial charge in [-0.1, -0.05) is 60.7 Å². The maximum atomic E-state index is 13.2. The minimum Gasteiger partial charge on any atom is -0.393 e. The van der Waals surface area contributed by atoms with E-state index < -0.39 is 31.7 Å². The number of Topliss-reactive ketones (excluding diaryl/α,β-unsaturated/α-hetero) is 1. The lowest BCUT2D eigenvalue weighted by Crippen LogP contribution is -2.44. The molecule has 0 aliphatic rings. The first-order chi connectivity index (χ1) is 12.4. The Kier molecular flexibility index (Phi) is 7.26. The Balaban J connectivity index is 2.15. The zero-order valence-corrected chi connectivity index (χ0v) is 15.5. The summed E-state index contributed by atoms with van der Waals surface area (Å²) in [5.41, 5.74) is -0.638. The van der Waals surface area contributed by atoms with Gasteiger partial charge < -0.3 is 19.3 Å². The molecule has 0 radical (unpaired) electrons. The molecule has 0 fully saturated rings. The van der Waals surface area contributed by atoms with Crippen LogP contribution in [0, 0.1) is 0 Å². The molecule has 0 saturated carbocycles. The van der Waals surface area contributed by atoms with E-state index in [1.165, 1.54) is 0 Å². The Morgan fingerprint density at radius 1 is 0.962 bits per heavy atom. The number of aliphatic hydroxyl groups is 2. The summed E-state index contributed by atoms with van der Waals surface area (Å²) in [7, 11) is -3.87. The van der Waals surface area contributed by atoms with E-state index >= 15 is 0 Å². The van der Waals surface area contributed by atoms with Crippen molar-refractivity contribution in [2.24, 2.45) is 0 Å². The average Bonchev–Trinajstić information content (AvgIpc) is 2.66. The average molecular weight is 378 g/mol. The van der Waals surface area contributed by atoms with Gasteiger partial charge in [0.2, 0.25) is 0 Å². The molecule has 1 atom stereocenters. The van der Waals surface area contributed by atoms with Crippen molar-refractivity contribution in [1.82, 2.24) is 0 Å². The van der Waals surface area contributed by atoms with Crippen LogP contribution in [0.15, 0.2) is 60.7 Å². The van der Waals surface area contributed by atoms with Crippen LogP contribution in [0.4, 0.5) is 0 Å². The largest absolute Gasteiger partial charge is 0.393 e. The van der Waals surface area contributed by atoms with Crippen LogP contribution in [0.3, 0.4) is 0 Å². The van der Waals surface area contributed by atoms with Crippen molar-refractivity contribution in [1.29, 1.82) is 0 Å². The monoisotopic (exact) mass is 378 g/mol. The number of carbonyl (C=O) groups is 1. The van der Waals surface area contributed by atoms with Gasteiger partial charge in [-0.2, -0.15) is 0 Å². The van der Waals surface area contributed by atoms with E-state index in [9.17, 15) is 19.6 Å². The Hall–Kier alpha value is -1.82. The third-order valence-corrected chi connectivity index (χ3v) is 5.87. The van der Waals surface area contributed by atoms with Crippen molar-refractivity contribution >= 4 is 13.4 Å². The standard InChI is InChI=1S/C19H23O6P/c1-16(21)19(22,14-20)15-26(23,24-12-17-8-4-2-5-9-17)25-13-18-10-6-3-7-11-18/h2-11,20,22H,12-15H2,1H3/t19-/m0/s1. The van der Waals surface area contributed by atoms with Gasteiger partial charge in [0.25, 0.3) is 0 Å². The highest BCUT2D eigenvalue weighted by molar-refractivity contribution is 7.54. The summed E-state index contributed by atoms with van der Waals surface area (Å²) in [6, 6.07) is 18.1. The van der Waals surface area contributed by atoms with Crippen molar-refractivity contribution in [3.05, 3.63) is 71.8 Å². The number of rotatable bonds is 10. The van der Waals surface area contributed by atoms with Crippen molar-refractivity contribution in [3.63, 3.8) is 0 Å². The Bertz CT molecular complexity index is 702. The zero-order chi connectivity index (χ0) is 19.0. The maximum Gasteiger partial charge on any atom is 0.334 e. The van der Waals surface area contributed by atoms with Crippen molar-refractivity contribution in [2.45, 2.75) is 25.7 Å². The normalized spacial score (nSPS) is 14.0. The number of benzene rings is 2. The number of aliphatic hydroxyl groups excluding tert-OH is 1. The first-order valence-corrected chi connectivity index (χ1v) is 9.90. The molecule has 0 unspecified atom stereocenters. The lowest BCUT2D eigenvalue weighted by atomic mass is 10.0. The summed E-state index contributed by atoms with van der Waals surface area (Å²) in [4.78, 5) is 11.7. The van der Waals surface area contributed by atoms with Crippen molar-refractivity contribution < 1.29 is 28.6 Å². The second-order valence-electron chi connectivity index (χ2n) is 6.03. The molecule has 140 valence electrons. The highest BCUT2D eigenvalue weighted by atomic mass is 31.2. The van der Waals surface area contributed by atoms with E-state index in [1.807, 2.05) is 36.4 Å². The van der Waals surface area contributed by atoms with Crippen molar-refractivity contribution in [3.8, 4) is 0 Å². The summed E-state index contributed by atoms with van der Waals surface area (Å²) < 4.78 is 24.2. The van der Waals surface area contributed by atoms with Crippen molar-refractivity contribution in [2.75, 3.05) is 12.8 Å². The van der Waals surface area contributed by atoms with E-state index in [2.05, 4.69) is 0 Å². The molecule has 2 aromatic rings. The van der Waals surface area contributed by atoms with E-state index in [0.29, 0.717) is 0 Å². The summed E-state index contributed by atoms with van der Waals surface area (Å²) in [6.07, 6.45) is -0.620. The fraction of sp³-hybridized carbons (Fsp3) is 0.316. The highest BCUT2D eigenvalue weighted by Gasteiger charge is 2.42. The van der Waals surface area contributed by atoms with Gasteiger partial charge in [-0.15, -0.1) is 0 Å². The van der Waals surface area contributed by atoms with Gasteiger partial charge in [0, 0.05) is 0 Å². The molecule has 0 aromatic heterocycles. The summed E-state index contributed by atoms with van der Waals surface area (Å²) in [5, 5.41) is 19.7. The predicted molar refractivity (Wildman–Crippen MR) is 97.7 cm³/mol. The van der Waals surface area contributed by atoms with Crippen LogP contribution in [0.25, 0.3) is 0 Å². The fourth-order valence-corrected chi connectivity index (χ4v) is 4.13. The Labute approximate surface area is 152 Å². The van der Waals surface area contributed by atoms with E-state index in [0.717, 1.165) is 18.1 Å². The Morgan fingerprint density at radius 3 is 1.73 bits per heavy atom. The van der Waals surface area contributed by atoms with Gasteiger partial charge >= 0.3 is 7.60 Å². The topological polar surface area (TPSA) is 93.1 Å². The minimum atomic E-state index is -3.87. The number of hydrogen-bond donors (Lipinski definition) is 2. The van der Waals surface area contributed by atoms with Gasteiger partial charge in [-0.05, 0) is 18.1 Å². The molecule has 2 aromatic carbocycles. The van der Waals surface area contributed by atoms with Crippen LogP contribution >= 0.6 is 7.60 Å². The molecule has 0 heterocycles. The third kappa shape index (κ3) is 5.87. The Morgan fingerprint density at radius 2 is 1.38 bits per heavy atom. The second-order valence-corrected chi connectivity index (χ2v) is 8.09. The molecule has 2 rings (SSSR count). The molecular formula is C19H23O6P. The first kappa shape index (κ1) is 20.5. The highest BCUT2D eigenvalue weighted by Crippen LogP contribution is 2.52. The van der Waals surface area contributed by atoms with Gasteiger partial charge in [-0.25, -0.2) is 0 Å². The van der Waals surface area contributed by atoms with Crippen LogP contribution in [-0.2, 0) is 31.6 Å². The lowest BCUT2D eigenvalue weighted by Gasteiger charge is -2.27. The number of carbonyl (C=O) groups excluding carboxylic acids is 1. The third-order valence-electron chi connectivity index (χ3n) is 3.91. The minimum absolute atomic E-state index is 0.00762.